The van der Waals surface area contributed by atoms with Crippen LogP contribution in [0.2, 0.25) is 0 Å². The Morgan fingerprint density at radius 3 is 2.70 bits per heavy atom. The van der Waals surface area contributed by atoms with Gasteiger partial charge in [0.1, 0.15) is 11.6 Å². The quantitative estimate of drug-likeness (QED) is 0.886. The van der Waals surface area contributed by atoms with E-state index in [0.29, 0.717) is 0 Å². The zero-order valence-corrected chi connectivity index (χ0v) is 13.3. The van der Waals surface area contributed by atoms with Crippen LogP contribution in [0.1, 0.15) is 29.0 Å². The highest BCUT2D eigenvalue weighted by Gasteiger charge is 2.09. The van der Waals surface area contributed by atoms with Crippen LogP contribution in [0, 0.1) is 13.8 Å². The smallest absolute Gasteiger partial charge is 0.144 e. The second-order valence-electron chi connectivity index (χ2n) is 4.87. The van der Waals surface area contributed by atoms with Gasteiger partial charge in [-0.3, -0.25) is 4.90 Å². The van der Waals surface area contributed by atoms with Crippen LogP contribution in [-0.4, -0.2) is 33.4 Å². The van der Waals surface area contributed by atoms with Gasteiger partial charge in [0.05, 0.1) is 17.7 Å². The molecule has 0 aliphatic carbocycles. The monoisotopic (exact) mass is 291 g/mol. The van der Waals surface area contributed by atoms with Crippen molar-refractivity contribution in [3.63, 3.8) is 0 Å². The van der Waals surface area contributed by atoms with Crippen LogP contribution in [0.4, 0.5) is 5.82 Å². The van der Waals surface area contributed by atoms with E-state index in [9.17, 15) is 0 Å². The Balaban J connectivity index is 2.03. The van der Waals surface area contributed by atoms with Crippen molar-refractivity contribution in [3.8, 4) is 0 Å². The van der Waals surface area contributed by atoms with Gasteiger partial charge in [0.2, 0.25) is 0 Å². The van der Waals surface area contributed by atoms with Gasteiger partial charge in [0.25, 0.3) is 0 Å². The molecule has 0 fully saturated rings. The summed E-state index contributed by atoms with van der Waals surface area (Å²) in [4.78, 5) is 16.8. The van der Waals surface area contributed by atoms with E-state index in [0.717, 1.165) is 42.7 Å². The van der Waals surface area contributed by atoms with Gasteiger partial charge in [-0.2, -0.15) is 0 Å². The molecule has 2 aromatic heterocycles. The van der Waals surface area contributed by atoms with Crippen LogP contribution in [0.5, 0.6) is 0 Å². The van der Waals surface area contributed by atoms with Crippen molar-refractivity contribution in [3.05, 3.63) is 33.7 Å². The van der Waals surface area contributed by atoms with Crippen LogP contribution < -0.4 is 5.32 Å². The molecule has 0 spiro atoms. The van der Waals surface area contributed by atoms with Crippen molar-refractivity contribution in [2.45, 2.75) is 33.9 Å². The minimum Gasteiger partial charge on any atom is -0.370 e. The lowest BCUT2D eigenvalue weighted by Crippen LogP contribution is -2.19. The maximum absolute atomic E-state index is 4.54. The van der Waals surface area contributed by atoms with Crippen LogP contribution in [0.3, 0.4) is 0 Å². The van der Waals surface area contributed by atoms with Crippen molar-refractivity contribution in [2.75, 3.05) is 18.9 Å². The Labute approximate surface area is 124 Å². The lowest BCUT2D eigenvalue weighted by Gasteiger charge is -2.16. The van der Waals surface area contributed by atoms with Gasteiger partial charge in [-0.15, -0.1) is 11.3 Å². The van der Waals surface area contributed by atoms with E-state index in [1.54, 1.807) is 11.3 Å². The van der Waals surface area contributed by atoms with Crippen molar-refractivity contribution in [1.82, 2.24) is 19.9 Å². The van der Waals surface area contributed by atoms with Gasteiger partial charge in [0.15, 0.2) is 0 Å². The number of hydrogen-bond acceptors (Lipinski definition) is 6. The SMILES string of the molecule is CCNc1cc(C)nc(CN(C)Cc2scnc2C)n1. The second-order valence-corrected chi connectivity index (χ2v) is 5.81. The summed E-state index contributed by atoms with van der Waals surface area (Å²) in [6, 6.07) is 1.97. The summed E-state index contributed by atoms with van der Waals surface area (Å²) in [7, 11) is 2.08. The molecule has 0 atom stereocenters. The van der Waals surface area contributed by atoms with E-state index in [1.165, 1.54) is 4.88 Å². The fourth-order valence-corrected chi connectivity index (χ4v) is 2.85. The topological polar surface area (TPSA) is 53.9 Å². The number of anilines is 1. The molecule has 1 N–H and O–H groups in total. The highest BCUT2D eigenvalue weighted by atomic mass is 32.1. The molecule has 0 aliphatic rings. The van der Waals surface area contributed by atoms with Crippen molar-refractivity contribution in [2.24, 2.45) is 0 Å². The van der Waals surface area contributed by atoms with E-state index in [-0.39, 0.29) is 0 Å². The Bertz CT molecular complexity index is 566. The third-order valence-electron chi connectivity index (χ3n) is 2.93. The maximum Gasteiger partial charge on any atom is 0.144 e. The molecule has 0 saturated heterocycles. The van der Waals surface area contributed by atoms with E-state index in [4.69, 9.17) is 0 Å². The summed E-state index contributed by atoms with van der Waals surface area (Å²) in [5.74, 6) is 1.75. The lowest BCUT2D eigenvalue weighted by atomic mass is 10.3. The van der Waals surface area contributed by atoms with Crippen LogP contribution in [0.25, 0.3) is 0 Å². The highest BCUT2D eigenvalue weighted by molar-refractivity contribution is 7.09. The van der Waals surface area contributed by atoms with Crippen LogP contribution in [-0.2, 0) is 13.1 Å². The number of nitrogens with zero attached hydrogens (tertiary/aromatic N) is 4. The second kappa shape index (κ2) is 6.76. The summed E-state index contributed by atoms with van der Waals surface area (Å²) in [6.07, 6.45) is 0. The Kier molecular flexibility index (Phi) is 5.03. The van der Waals surface area contributed by atoms with Gasteiger partial charge in [-0.05, 0) is 27.8 Å². The average Bonchev–Trinajstić information content (AvgIpc) is 2.74. The first-order chi connectivity index (χ1) is 9.58. The van der Waals surface area contributed by atoms with Gasteiger partial charge < -0.3 is 5.32 Å². The van der Waals surface area contributed by atoms with Crippen LogP contribution >= 0.6 is 11.3 Å². The van der Waals surface area contributed by atoms with E-state index < -0.39 is 0 Å². The van der Waals surface area contributed by atoms with Gasteiger partial charge in [-0.1, -0.05) is 0 Å². The average molecular weight is 291 g/mol. The van der Waals surface area contributed by atoms with Gasteiger partial charge in [0, 0.05) is 29.7 Å². The third kappa shape index (κ3) is 3.98. The molecular formula is C14H21N5S. The Hall–Kier alpha value is -1.53. The molecule has 0 saturated carbocycles. The molecule has 20 heavy (non-hydrogen) atoms. The molecule has 0 radical (unpaired) electrons. The zero-order valence-electron chi connectivity index (χ0n) is 12.5. The van der Waals surface area contributed by atoms with E-state index in [1.807, 2.05) is 25.4 Å². The molecule has 0 aliphatic heterocycles. The molecule has 2 rings (SSSR count). The van der Waals surface area contributed by atoms with Crippen LogP contribution in [0.15, 0.2) is 11.6 Å². The molecule has 0 bridgehead atoms. The minimum absolute atomic E-state index is 0.734. The highest BCUT2D eigenvalue weighted by Crippen LogP contribution is 2.15. The Morgan fingerprint density at radius 2 is 2.05 bits per heavy atom. The normalized spacial score (nSPS) is 11.1. The molecule has 108 valence electrons. The third-order valence-corrected chi connectivity index (χ3v) is 3.85. The molecule has 0 unspecified atom stereocenters. The summed E-state index contributed by atoms with van der Waals surface area (Å²) in [5.41, 5.74) is 4.00. The minimum atomic E-state index is 0.734. The summed E-state index contributed by atoms with van der Waals surface area (Å²) in [6.45, 7) is 8.59. The molecule has 6 heteroatoms. The number of aromatic nitrogens is 3. The van der Waals surface area contributed by atoms with E-state index >= 15 is 0 Å². The molecule has 2 aromatic rings. The van der Waals surface area contributed by atoms with Gasteiger partial charge >= 0.3 is 0 Å². The molecular weight excluding hydrogens is 270 g/mol. The molecule has 0 aromatic carbocycles. The lowest BCUT2D eigenvalue weighted by molar-refractivity contribution is 0.312. The maximum atomic E-state index is 4.54. The number of hydrogen-bond donors (Lipinski definition) is 1. The number of thiazole rings is 1. The number of aryl methyl sites for hydroxylation is 2. The summed E-state index contributed by atoms with van der Waals surface area (Å²) < 4.78 is 0. The first-order valence-electron chi connectivity index (χ1n) is 6.74. The number of nitrogens with one attached hydrogen (secondary N) is 1. The predicted octanol–water partition coefficient (Wildman–Crippen LogP) is 2.61. The standard InChI is InChI=1S/C14H21N5S/c1-5-15-13-6-10(2)17-14(18-13)8-19(4)7-12-11(3)16-9-20-12/h6,9H,5,7-8H2,1-4H3,(H,15,17,18). The predicted molar refractivity (Wildman–Crippen MR) is 83.0 cm³/mol. The number of rotatable bonds is 6. The Morgan fingerprint density at radius 1 is 1.25 bits per heavy atom. The van der Waals surface area contributed by atoms with E-state index in [2.05, 4.69) is 39.1 Å². The summed E-state index contributed by atoms with van der Waals surface area (Å²) >= 11 is 1.70. The fourth-order valence-electron chi connectivity index (χ4n) is 1.99. The fraction of sp³-hybridized carbons (Fsp3) is 0.500. The zero-order chi connectivity index (χ0) is 14.5. The largest absolute Gasteiger partial charge is 0.370 e. The molecule has 2 heterocycles. The molecule has 5 nitrogen and oxygen atoms in total. The van der Waals surface area contributed by atoms with Gasteiger partial charge in [-0.25, -0.2) is 15.0 Å². The summed E-state index contributed by atoms with van der Waals surface area (Å²) in [5, 5.41) is 3.24. The first kappa shape index (κ1) is 14.9. The first-order valence-corrected chi connectivity index (χ1v) is 7.62. The molecule has 0 amide bonds. The van der Waals surface area contributed by atoms with Crippen molar-refractivity contribution in [1.29, 1.82) is 0 Å². The van der Waals surface area contributed by atoms with Crippen molar-refractivity contribution < 1.29 is 0 Å². The van der Waals surface area contributed by atoms with Crippen molar-refractivity contribution >= 4 is 17.2 Å².